The van der Waals surface area contributed by atoms with E-state index in [0.29, 0.717) is 22.8 Å². The van der Waals surface area contributed by atoms with Crippen molar-refractivity contribution in [2.24, 2.45) is 0 Å². The first kappa shape index (κ1) is 22.2. The van der Waals surface area contributed by atoms with Gasteiger partial charge in [-0.15, -0.1) is 0 Å². The molecule has 0 saturated heterocycles. The van der Waals surface area contributed by atoms with Crippen LogP contribution in [0.25, 0.3) is 0 Å². The Kier molecular flexibility index (Phi) is 6.92. The molecule has 0 radical (unpaired) electrons. The highest BCUT2D eigenvalue weighted by molar-refractivity contribution is 5.99. The molecule has 0 saturated carbocycles. The van der Waals surface area contributed by atoms with Crippen LogP contribution in [-0.4, -0.2) is 29.3 Å². The third-order valence-electron chi connectivity index (χ3n) is 4.13. The molecule has 32 heavy (non-hydrogen) atoms. The smallest absolute Gasteiger partial charge is 0.338 e. The molecule has 0 spiro atoms. The summed E-state index contributed by atoms with van der Waals surface area (Å²) in [4.78, 5) is 45.7. The first-order chi connectivity index (χ1) is 15.3. The van der Waals surface area contributed by atoms with E-state index in [9.17, 15) is 24.5 Å². The largest absolute Gasteiger partial charge is 0.457 e. The van der Waals surface area contributed by atoms with Gasteiger partial charge in [-0.3, -0.25) is 19.7 Å². The fourth-order valence-corrected chi connectivity index (χ4v) is 2.63. The Morgan fingerprint density at radius 3 is 2.12 bits per heavy atom. The van der Waals surface area contributed by atoms with Gasteiger partial charge in [0.05, 0.1) is 10.5 Å². The van der Waals surface area contributed by atoms with Crippen LogP contribution in [0.15, 0.2) is 72.8 Å². The van der Waals surface area contributed by atoms with E-state index in [4.69, 9.17) is 14.2 Å². The van der Waals surface area contributed by atoms with Crippen LogP contribution in [0, 0.1) is 10.1 Å². The first-order valence-corrected chi connectivity index (χ1v) is 9.33. The van der Waals surface area contributed by atoms with Crippen molar-refractivity contribution in [3.8, 4) is 17.2 Å². The number of carbonyl (C=O) groups excluding carboxylic acids is 3. The van der Waals surface area contributed by atoms with E-state index in [0.717, 1.165) is 0 Å². The molecule has 0 heterocycles. The Morgan fingerprint density at radius 1 is 0.844 bits per heavy atom. The topological polar surface area (TPSA) is 122 Å². The van der Waals surface area contributed by atoms with E-state index >= 15 is 0 Å². The maximum absolute atomic E-state index is 12.3. The van der Waals surface area contributed by atoms with Gasteiger partial charge in [-0.25, -0.2) is 4.79 Å². The molecule has 162 valence electrons. The third kappa shape index (κ3) is 5.99. The van der Waals surface area contributed by atoms with Crippen LogP contribution in [0.5, 0.6) is 17.2 Å². The lowest BCUT2D eigenvalue weighted by Crippen LogP contribution is -2.14. The summed E-state index contributed by atoms with van der Waals surface area (Å²) in [7, 11) is 0. The van der Waals surface area contributed by atoms with Crippen LogP contribution in [0.2, 0.25) is 0 Å². The summed E-state index contributed by atoms with van der Waals surface area (Å²) in [6.45, 7) is 0.795. The van der Waals surface area contributed by atoms with Crippen molar-refractivity contribution in [3.63, 3.8) is 0 Å². The number of hydrogen-bond acceptors (Lipinski definition) is 8. The fraction of sp³-hybridized carbons (Fsp3) is 0.0870. The lowest BCUT2D eigenvalue weighted by Gasteiger charge is -2.08. The quantitative estimate of drug-likeness (QED) is 0.168. The molecule has 0 fully saturated rings. The maximum atomic E-state index is 12.3. The molecule has 9 heteroatoms. The normalized spacial score (nSPS) is 10.2. The number of ketones is 1. The molecule has 3 aromatic rings. The van der Waals surface area contributed by atoms with E-state index in [2.05, 4.69) is 0 Å². The Hall–Kier alpha value is -4.53. The molecule has 0 atom stereocenters. The molecule has 0 amide bonds. The highest BCUT2D eigenvalue weighted by Crippen LogP contribution is 2.24. The van der Waals surface area contributed by atoms with Gasteiger partial charge in [0.15, 0.2) is 12.4 Å². The predicted octanol–water partition coefficient (Wildman–Crippen LogP) is 4.35. The second kappa shape index (κ2) is 9.98. The van der Waals surface area contributed by atoms with E-state index in [-0.39, 0.29) is 11.3 Å². The van der Waals surface area contributed by atoms with Crippen LogP contribution in [0.1, 0.15) is 27.6 Å². The predicted molar refractivity (Wildman–Crippen MR) is 112 cm³/mol. The molecule has 3 rings (SSSR count). The maximum Gasteiger partial charge on any atom is 0.338 e. The van der Waals surface area contributed by atoms with Crippen molar-refractivity contribution >= 4 is 23.4 Å². The number of nitrogens with zero attached hydrogens (tertiary/aromatic N) is 1. The third-order valence-corrected chi connectivity index (χ3v) is 4.13. The van der Waals surface area contributed by atoms with E-state index < -0.39 is 29.3 Å². The van der Waals surface area contributed by atoms with Gasteiger partial charge in [0, 0.05) is 24.6 Å². The van der Waals surface area contributed by atoms with E-state index in [1.807, 2.05) is 0 Å². The monoisotopic (exact) mass is 435 g/mol. The van der Waals surface area contributed by atoms with E-state index in [1.165, 1.54) is 67.6 Å². The summed E-state index contributed by atoms with van der Waals surface area (Å²) in [6.07, 6.45) is 0. The van der Waals surface area contributed by atoms with Gasteiger partial charge < -0.3 is 14.2 Å². The van der Waals surface area contributed by atoms with Gasteiger partial charge in [0.1, 0.15) is 17.2 Å². The van der Waals surface area contributed by atoms with Crippen molar-refractivity contribution < 1.29 is 33.5 Å². The van der Waals surface area contributed by atoms with Crippen LogP contribution in [0.4, 0.5) is 5.69 Å². The second-order valence-corrected chi connectivity index (χ2v) is 6.50. The lowest BCUT2D eigenvalue weighted by molar-refractivity contribution is -0.384. The SMILES string of the molecule is CC(=O)Oc1ccc(C(=O)COC(=O)c2cccc(Oc3ccc([N+](=O)[O-])cc3)c2)cc1. The van der Waals surface area contributed by atoms with Crippen molar-refractivity contribution in [2.75, 3.05) is 6.61 Å². The Bertz CT molecular complexity index is 1150. The van der Waals surface area contributed by atoms with Crippen molar-refractivity contribution in [1.29, 1.82) is 0 Å². The molecule has 0 aliphatic rings. The fourth-order valence-electron chi connectivity index (χ4n) is 2.63. The van der Waals surface area contributed by atoms with Crippen molar-refractivity contribution in [3.05, 3.63) is 94.0 Å². The van der Waals surface area contributed by atoms with Gasteiger partial charge in [-0.2, -0.15) is 0 Å². The molecule has 0 aliphatic heterocycles. The number of hydrogen-bond donors (Lipinski definition) is 0. The highest BCUT2D eigenvalue weighted by Gasteiger charge is 2.13. The van der Waals surface area contributed by atoms with Crippen LogP contribution in [0.3, 0.4) is 0 Å². The minimum atomic E-state index is -0.718. The van der Waals surface area contributed by atoms with Crippen molar-refractivity contribution in [1.82, 2.24) is 0 Å². The van der Waals surface area contributed by atoms with Crippen LogP contribution < -0.4 is 9.47 Å². The summed E-state index contributed by atoms with van der Waals surface area (Å²) >= 11 is 0. The highest BCUT2D eigenvalue weighted by atomic mass is 16.6. The Balaban J connectivity index is 1.58. The molecule has 9 nitrogen and oxygen atoms in total. The molecule has 0 unspecified atom stereocenters. The van der Waals surface area contributed by atoms with E-state index in [1.54, 1.807) is 12.1 Å². The summed E-state index contributed by atoms with van der Waals surface area (Å²) < 4.78 is 15.6. The Labute approximate surface area is 182 Å². The number of Topliss-reactive ketones (excluding diaryl/α,β-unsaturated/α-hetero) is 1. The van der Waals surface area contributed by atoms with Crippen LogP contribution in [-0.2, 0) is 9.53 Å². The zero-order valence-electron chi connectivity index (χ0n) is 16.8. The summed E-state index contributed by atoms with van der Waals surface area (Å²) in [6, 6.07) is 17.5. The minimum absolute atomic E-state index is 0.0691. The number of nitro groups is 1. The molecule has 0 N–H and O–H groups in total. The van der Waals surface area contributed by atoms with Gasteiger partial charge in [0.2, 0.25) is 0 Å². The molecule has 0 aliphatic carbocycles. The number of esters is 2. The zero-order chi connectivity index (χ0) is 23.1. The second-order valence-electron chi connectivity index (χ2n) is 6.50. The number of rotatable bonds is 8. The van der Waals surface area contributed by atoms with Crippen LogP contribution >= 0.6 is 0 Å². The number of nitro benzene ring substituents is 1. The average molecular weight is 435 g/mol. The summed E-state index contributed by atoms with van der Waals surface area (Å²) in [5.74, 6) is -0.641. The minimum Gasteiger partial charge on any atom is -0.457 e. The lowest BCUT2D eigenvalue weighted by atomic mass is 10.1. The Morgan fingerprint density at radius 2 is 1.50 bits per heavy atom. The number of carbonyl (C=O) groups is 3. The molecular formula is C23H17NO8. The summed E-state index contributed by atoms with van der Waals surface area (Å²) in [5.41, 5.74) is 0.395. The van der Waals surface area contributed by atoms with Crippen molar-refractivity contribution in [2.45, 2.75) is 6.92 Å². The zero-order valence-corrected chi connectivity index (χ0v) is 16.8. The van der Waals surface area contributed by atoms with Gasteiger partial charge in [-0.05, 0) is 54.6 Å². The molecule has 3 aromatic carbocycles. The summed E-state index contributed by atoms with van der Waals surface area (Å²) in [5, 5.41) is 10.7. The van der Waals surface area contributed by atoms with Gasteiger partial charge in [0.25, 0.3) is 5.69 Å². The number of benzene rings is 3. The average Bonchev–Trinajstić information content (AvgIpc) is 2.78. The molecule has 0 aromatic heterocycles. The number of non-ortho nitro benzene ring substituents is 1. The van der Waals surface area contributed by atoms with Gasteiger partial charge >= 0.3 is 11.9 Å². The number of ether oxygens (including phenoxy) is 3. The standard InChI is InChI=1S/C23H17NO8/c1-15(25)31-19-9-5-16(6-10-19)22(26)14-30-23(27)17-3-2-4-21(13-17)32-20-11-7-18(8-12-20)24(28)29/h2-13H,14H2,1H3. The first-order valence-electron chi connectivity index (χ1n) is 9.33. The van der Waals surface area contributed by atoms with Gasteiger partial charge in [-0.1, -0.05) is 6.07 Å². The molecular weight excluding hydrogens is 418 g/mol. The molecule has 0 bridgehead atoms.